The van der Waals surface area contributed by atoms with Gasteiger partial charge in [0.05, 0.1) is 5.25 Å². The first-order valence-electron chi connectivity index (χ1n) is 12.7. The predicted molar refractivity (Wildman–Crippen MR) is 131 cm³/mol. The molecule has 1 aliphatic carbocycles. The minimum atomic E-state index is -5.84. The van der Waals surface area contributed by atoms with Crippen molar-refractivity contribution < 1.29 is 52.4 Å². The molecular formula is C24H34F9NO3SSi. The summed E-state index contributed by atoms with van der Waals surface area (Å²) in [6.07, 6.45) is -19.6. The van der Waals surface area contributed by atoms with Crippen molar-refractivity contribution in [2.75, 3.05) is 6.54 Å². The molecule has 1 saturated carbocycles. The molecule has 0 bridgehead atoms. The first kappa shape index (κ1) is 33.9. The van der Waals surface area contributed by atoms with Crippen LogP contribution in [0.5, 0.6) is 0 Å². The average Bonchev–Trinajstić information content (AvgIpc) is 2.83. The van der Waals surface area contributed by atoms with Gasteiger partial charge in [0.2, 0.25) is 10.0 Å². The molecule has 0 heterocycles. The third-order valence-corrected chi connectivity index (χ3v) is 14.7. The smallest absolute Gasteiger partial charge is 0.396 e. The highest BCUT2D eigenvalue weighted by atomic mass is 32.2. The number of nitrogens with zero attached hydrogens (tertiary/aromatic N) is 1. The van der Waals surface area contributed by atoms with E-state index < -0.39 is 92.4 Å². The summed E-state index contributed by atoms with van der Waals surface area (Å²) >= 11 is 0. The van der Waals surface area contributed by atoms with Crippen LogP contribution in [-0.4, -0.2) is 57.0 Å². The zero-order valence-corrected chi connectivity index (χ0v) is 23.7. The minimum Gasteiger partial charge on any atom is -0.396 e. The highest BCUT2D eigenvalue weighted by Gasteiger charge is 2.76. The van der Waals surface area contributed by atoms with Crippen LogP contribution in [0.15, 0.2) is 30.3 Å². The Labute approximate surface area is 224 Å². The van der Waals surface area contributed by atoms with Crippen LogP contribution in [0.1, 0.15) is 52.0 Å². The number of benzene rings is 1. The van der Waals surface area contributed by atoms with Crippen LogP contribution in [0.4, 0.5) is 39.5 Å². The van der Waals surface area contributed by atoms with E-state index in [9.17, 15) is 47.9 Å². The van der Waals surface area contributed by atoms with Crippen LogP contribution >= 0.6 is 0 Å². The number of alkyl halides is 9. The van der Waals surface area contributed by atoms with E-state index in [4.69, 9.17) is 4.43 Å². The van der Waals surface area contributed by atoms with Gasteiger partial charge in [0.15, 0.2) is 8.32 Å². The third kappa shape index (κ3) is 7.50. The molecule has 1 aromatic rings. The normalized spacial score (nSPS) is 20.4. The molecule has 0 spiro atoms. The van der Waals surface area contributed by atoms with Gasteiger partial charge in [-0.25, -0.2) is 8.42 Å². The molecule has 0 radical (unpaired) electrons. The van der Waals surface area contributed by atoms with Crippen molar-refractivity contribution in [3.05, 3.63) is 35.9 Å². The Kier molecular flexibility index (Phi) is 10.7. The fourth-order valence-electron chi connectivity index (χ4n) is 5.33. The fraction of sp³-hybridized carbons (Fsp3) is 0.750. The van der Waals surface area contributed by atoms with Crippen molar-refractivity contribution in [1.82, 2.24) is 4.31 Å². The van der Waals surface area contributed by atoms with Crippen molar-refractivity contribution in [3.63, 3.8) is 0 Å². The highest BCUT2D eigenvalue weighted by Crippen LogP contribution is 2.56. The lowest BCUT2D eigenvalue weighted by atomic mass is 9.75. The number of sulfonamides is 1. The van der Waals surface area contributed by atoms with E-state index in [-0.39, 0.29) is 28.0 Å². The van der Waals surface area contributed by atoms with Gasteiger partial charge >= 0.3 is 18.5 Å². The SMILES string of the molecule is CC[Si](CC)(CC)OC(C1CCC(S(=O)(=O)N(Cc2ccccc2)CC(F)(F)F)CC1)(C(F)(F)F)C(F)(F)F. The van der Waals surface area contributed by atoms with Gasteiger partial charge in [-0.15, -0.1) is 0 Å². The zero-order chi connectivity index (χ0) is 29.9. The Balaban J connectivity index is 2.42. The lowest BCUT2D eigenvalue weighted by Gasteiger charge is -2.49. The molecule has 1 aliphatic rings. The van der Waals surface area contributed by atoms with Crippen LogP contribution in [0.2, 0.25) is 18.1 Å². The highest BCUT2D eigenvalue weighted by molar-refractivity contribution is 7.89. The zero-order valence-electron chi connectivity index (χ0n) is 21.9. The van der Waals surface area contributed by atoms with Gasteiger partial charge in [0.25, 0.3) is 5.60 Å². The second-order valence-corrected chi connectivity index (χ2v) is 16.9. The molecule has 226 valence electrons. The van der Waals surface area contributed by atoms with Crippen LogP contribution in [0.3, 0.4) is 0 Å². The quantitative estimate of drug-likeness (QED) is 0.188. The molecule has 0 aliphatic heterocycles. The van der Waals surface area contributed by atoms with E-state index in [0.29, 0.717) is 0 Å². The van der Waals surface area contributed by atoms with Crippen molar-refractivity contribution in [1.29, 1.82) is 0 Å². The minimum absolute atomic E-state index is 0.0174. The number of hydrogen-bond acceptors (Lipinski definition) is 3. The van der Waals surface area contributed by atoms with Crippen LogP contribution in [0, 0.1) is 5.92 Å². The van der Waals surface area contributed by atoms with Crippen molar-refractivity contribution in [2.45, 2.75) is 101 Å². The molecule has 0 atom stereocenters. The standard InChI is InChI=1S/C24H34F9NO3SSi/c1-4-39(5-2,6-3)37-22(23(28,29)30,24(31,32)33)19-12-14-20(15-13-19)38(35,36)34(17-21(25,26)27)16-18-10-8-7-9-11-18/h7-11,19-20H,4-6,12-17H2,1-3H3. The van der Waals surface area contributed by atoms with Gasteiger partial charge in [-0.3, -0.25) is 0 Å². The Hall–Kier alpha value is -1.32. The summed E-state index contributed by atoms with van der Waals surface area (Å²) in [6.45, 7) is 1.99. The topological polar surface area (TPSA) is 46.6 Å². The van der Waals surface area contributed by atoms with Gasteiger partial charge in [-0.1, -0.05) is 51.1 Å². The lowest BCUT2D eigenvalue weighted by Crippen LogP contribution is -2.68. The van der Waals surface area contributed by atoms with Crippen molar-refractivity contribution in [3.8, 4) is 0 Å². The Morgan fingerprint density at radius 3 is 1.67 bits per heavy atom. The van der Waals surface area contributed by atoms with Gasteiger partial charge in [-0.2, -0.15) is 43.8 Å². The maximum absolute atomic E-state index is 14.4. The van der Waals surface area contributed by atoms with Crippen molar-refractivity contribution in [2.24, 2.45) is 5.92 Å². The number of rotatable bonds is 11. The first-order chi connectivity index (χ1) is 17.8. The summed E-state index contributed by atoms with van der Waals surface area (Å²) in [5, 5.41) is -1.57. The maximum atomic E-state index is 14.4. The molecule has 2 rings (SSSR count). The van der Waals surface area contributed by atoms with Crippen LogP contribution in [0.25, 0.3) is 0 Å². The first-order valence-corrected chi connectivity index (χ1v) is 16.7. The molecule has 4 nitrogen and oxygen atoms in total. The monoisotopic (exact) mass is 615 g/mol. The number of hydrogen-bond donors (Lipinski definition) is 0. The van der Waals surface area contributed by atoms with E-state index in [1.807, 2.05) is 0 Å². The molecule has 0 unspecified atom stereocenters. The Morgan fingerprint density at radius 1 is 0.821 bits per heavy atom. The van der Waals surface area contributed by atoms with Crippen molar-refractivity contribution >= 4 is 18.3 Å². The summed E-state index contributed by atoms with van der Waals surface area (Å²) in [4.78, 5) is 0. The molecule has 1 fully saturated rings. The maximum Gasteiger partial charge on any atom is 0.425 e. The molecule has 1 aromatic carbocycles. The molecule has 15 heteroatoms. The second kappa shape index (κ2) is 12.3. The van der Waals surface area contributed by atoms with Crippen LogP contribution in [-0.2, 0) is 21.0 Å². The molecule has 0 amide bonds. The van der Waals surface area contributed by atoms with Gasteiger partial charge in [0, 0.05) is 12.5 Å². The van der Waals surface area contributed by atoms with E-state index >= 15 is 0 Å². The second-order valence-electron chi connectivity index (χ2n) is 9.96. The van der Waals surface area contributed by atoms with Crippen LogP contribution < -0.4 is 0 Å². The summed E-state index contributed by atoms with van der Waals surface area (Å²) < 4.78 is 158. The lowest BCUT2D eigenvalue weighted by molar-refractivity contribution is -0.379. The third-order valence-electron chi connectivity index (χ3n) is 7.74. The van der Waals surface area contributed by atoms with Gasteiger partial charge < -0.3 is 4.43 Å². The summed E-state index contributed by atoms with van der Waals surface area (Å²) in [6, 6.07) is 7.46. The summed E-state index contributed by atoms with van der Waals surface area (Å²) in [7, 11) is -8.22. The Morgan fingerprint density at radius 2 is 1.28 bits per heavy atom. The molecule has 0 N–H and O–H groups in total. The van der Waals surface area contributed by atoms with Gasteiger partial charge in [-0.05, 0) is 49.4 Å². The molecule has 0 saturated heterocycles. The van der Waals surface area contributed by atoms with E-state index in [1.165, 1.54) is 45.0 Å². The molecular weight excluding hydrogens is 581 g/mol. The molecule has 39 heavy (non-hydrogen) atoms. The van der Waals surface area contributed by atoms with E-state index in [0.717, 1.165) is 0 Å². The van der Waals surface area contributed by atoms with E-state index in [2.05, 4.69) is 0 Å². The average molecular weight is 616 g/mol. The van der Waals surface area contributed by atoms with Gasteiger partial charge in [0.1, 0.15) is 6.54 Å². The van der Waals surface area contributed by atoms with E-state index in [1.54, 1.807) is 6.07 Å². The largest absolute Gasteiger partial charge is 0.425 e. The summed E-state index contributed by atoms with van der Waals surface area (Å²) in [5.41, 5.74) is -4.24. The molecule has 0 aromatic heterocycles. The number of halogens is 9. The predicted octanol–water partition coefficient (Wildman–Crippen LogP) is 7.82. The summed E-state index contributed by atoms with van der Waals surface area (Å²) in [5.74, 6) is -2.13. The Bertz CT molecular complexity index is 996. The fourth-order valence-corrected chi connectivity index (χ4v) is 10.3.